The molecule has 0 bridgehead atoms. The molecule has 8 nitrogen and oxygen atoms in total. The van der Waals surface area contributed by atoms with Crippen LogP contribution in [0.4, 0.5) is 0 Å². The smallest absolute Gasteiger partial charge is 0.332 e. The maximum absolute atomic E-state index is 12.0. The number of carbonyl (C=O) groups is 2. The highest BCUT2D eigenvalue weighted by atomic mass is 31.2. The second-order valence-corrected chi connectivity index (χ2v) is 6.45. The van der Waals surface area contributed by atoms with E-state index in [1.807, 2.05) is 6.92 Å². The van der Waals surface area contributed by atoms with Crippen molar-refractivity contribution in [2.45, 2.75) is 33.2 Å². The van der Waals surface area contributed by atoms with Crippen LogP contribution in [0.15, 0.2) is 11.6 Å². The van der Waals surface area contributed by atoms with E-state index in [4.69, 9.17) is 14.0 Å². The van der Waals surface area contributed by atoms with Gasteiger partial charge in [0.1, 0.15) is 6.04 Å². The highest BCUT2D eigenvalue weighted by molar-refractivity contribution is 7.53. The zero-order chi connectivity index (χ0) is 17.7. The standard InChI is InChI=1S/C14H26NO7P/c1-4-7-22-23(18,19)10-12(9-20-5-2)8-13(15-11-16)14(17)21-6-3/h8,11,13H,4-7,9-10H2,1-3H3,(H,15,16)(H,18,19). The topological polar surface area (TPSA) is 111 Å². The van der Waals surface area contributed by atoms with E-state index in [0.29, 0.717) is 25.0 Å². The van der Waals surface area contributed by atoms with Crippen LogP contribution in [-0.4, -0.2) is 55.9 Å². The van der Waals surface area contributed by atoms with Gasteiger partial charge in [0.2, 0.25) is 6.41 Å². The van der Waals surface area contributed by atoms with E-state index >= 15 is 0 Å². The average Bonchev–Trinajstić information content (AvgIpc) is 2.50. The molecule has 0 radical (unpaired) electrons. The molecule has 134 valence electrons. The predicted molar refractivity (Wildman–Crippen MR) is 85.1 cm³/mol. The van der Waals surface area contributed by atoms with Gasteiger partial charge >= 0.3 is 13.6 Å². The Morgan fingerprint density at radius 1 is 1.30 bits per heavy atom. The number of hydrogen-bond donors (Lipinski definition) is 2. The Morgan fingerprint density at radius 2 is 2.00 bits per heavy atom. The highest BCUT2D eigenvalue weighted by Gasteiger charge is 2.24. The molecule has 2 unspecified atom stereocenters. The number of esters is 1. The molecule has 0 aromatic rings. The summed E-state index contributed by atoms with van der Waals surface area (Å²) in [6.45, 7) is 5.99. The van der Waals surface area contributed by atoms with Gasteiger partial charge < -0.3 is 24.2 Å². The number of amides is 1. The van der Waals surface area contributed by atoms with Crippen molar-refractivity contribution < 1.29 is 33.0 Å². The Kier molecular flexibility index (Phi) is 11.6. The average molecular weight is 351 g/mol. The molecule has 0 fully saturated rings. The van der Waals surface area contributed by atoms with Crippen molar-refractivity contribution in [3.63, 3.8) is 0 Å². The summed E-state index contributed by atoms with van der Waals surface area (Å²) >= 11 is 0. The molecular weight excluding hydrogens is 325 g/mol. The molecule has 0 saturated carbocycles. The summed E-state index contributed by atoms with van der Waals surface area (Å²) in [5.41, 5.74) is 0.376. The Hall–Kier alpha value is -1.21. The van der Waals surface area contributed by atoms with E-state index in [9.17, 15) is 19.0 Å². The number of rotatable bonds is 13. The Labute approximate surface area is 136 Å². The minimum atomic E-state index is -3.84. The summed E-state index contributed by atoms with van der Waals surface area (Å²) in [7, 11) is -3.84. The van der Waals surface area contributed by atoms with Gasteiger partial charge in [-0.15, -0.1) is 0 Å². The summed E-state index contributed by atoms with van der Waals surface area (Å²) in [6.07, 6.45) is 2.04. The van der Waals surface area contributed by atoms with E-state index in [1.165, 1.54) is 6.08 Å². The number of nitrogens with one attached hydrogen (secondary N) is 1. The summed E-state index contributed by atoms with van der Waals surface area (Å²) in [5, 5.41) is 2.30. The third-order valence-electron chi connectivity index (χ3n) is 2.58. The summed E-state index contributed by atoms with van der Waals surface area (Å²) in [4.78, 5) is 32.3. The second-order valence-electron chi connectivity index (χ2n) is 4.61. The summed E-state index contributed by atoms with van der Waals surface area (Å²) < 4.78 is 27.0. The van der Waals surface area contributed by atoms with E-state index in [0.717, 1.165) is 0 Å². The first-order valence-electron chi connectivity index (χ1n) is 7.50. The molecule has 0 heterocycles. The van der Waals surface area contributed by atoms with Crippen molar-refractivity contribution >= 4 is 20.0 Å². The molecule has 2 atom stereocenters. The Bertz CT molecular complexity index is 439. The number of carbonyl (C=O) groups excluding carboxylic acids is 2. The molecule has 0 aromatic carbocycles. The van der Waals surface area contributed by atoms with Gasteiger partial charge in [0.25, 0.3) is 0 Å². The van der Waals surface area contributed by atoms with Crippen LogP contribution >= 0.6 is 7.60 Å². The lowest BCUT2D eigenvalue weighted by Crippen LogP contribution is -2.36. The van der Waals surface area contributed by atoms with E-state index in [-0.39, 0.29) is 26.0 Å². The number of ether oxygens (including phenoxy) is 2. The monoisotopic (exact) mass is 351 g/mol. The van der Waals surface area contributed by atoms with Crippen molar-refractivity contribution in [3.8, 4) is 0 Å². The molecular formula is C14H26NO7P. The van der Waals surface area contributed by atoms with E-state index < -0.39 is 19.6 Å². The predicted octanol–water partition coefficient (Wildman–Crippen LogP) is 1.24. The zero-order valence-corrected chi connectivity index (χ0v) is 14.7. The molecule has 0 aromatic heterocycles. The molecule has 0 aliphatic rings. The van der Waals surface area contributed by atoms with Crippen LogP contribution in [0.1, 0.15) is 27.2 Å². The maximum Gasteiger partial charge on any atom is 0.332 e. The maximum atomic E-state index is 12.0. The van der Waals surface area contributed by atoms with Gasteiger partial charge in [-0.05, 0) is 31.9 Å². The SMILES string of the molecule is CCCOP(=O)(O)CC(=CC(NC=O)C(=O)OCC)COCC. The third-order valence-corrected chi connectivity index (χ3v) is 3.97. The molecule has 1 amide bonds. The molecule has 0 aliphatic heterocycles. The van der Waals surface area contributed by atoms with Gasteiger partial charge in [-0.1, -0.05) is 6.92 Å². The van der Waals surface area contributed by atoms with E-state index in [2.05, 4.69) is 5.32 Å². The lowest BCUT2D eigenvalue weighted by molar-refractivity contribution is -0.145. The van der Waals surface area contributed by atoms with Crippen LogP contribution in [0, 0.1) is 0 Å². The molecule has 0 aliphatic carbocycles. The quantitative estimate of drug-likeness (QED) is 0.222. The molecule has 23 heavy (non-hydrogen) atoms. The van der Waals surface area contributed by atoms with Gasteiger partial charge in [0.05, 0.1) is 26.0 Å². The van der Waals surface area contributed by atoms with Crippen LogP contribution in [0.2, 0.25) is 0 Å². The molecule has 0 rings (SSSR count). The van der Waals surface area contributed by atoms with Crippen molar-refractivity contribution in [1.82, 2.24) is 5.32 Å². The van der Waals surface area contributed by atoms with Crippen molar-refractivity contribution in [3.05, 3.63) is 11.6 Å². The van der Waals surface area contributed by atoms with Crippen LogP contribution < -0.4 is 5.32 Å². The second kappa shape index (κ2) is 12.2. The molecule has 0 spiro atoms. The van der Waals surface area contributed by atoms with Crippen molar-refractivity contribution in [2.75, 3.05) is 32.6 Å². The zero-order valence-electron chi connectivity index (χ0n) is 13.8. The van der Waals surface area contributed by atoms with Crippen molar-refractivity contribution in [1.29, 1.82) is 0 Å². The summed E-state index contributed by atoms with van der Waals surface area (Å²) in [6, 6.07) is -1.05. The fourth-order valence-electron chi connectivity index (χ4n) is 1.64. The van der Waals surface area contributed by atoms with Crippen LogP contribution in [0.3, 0.4) is 0 Å². The Morgan fingerprint density at radius 3 is 2.52 bits per heavy atom. The van der Waals surface area contributed by atoms with Crippen LogP contribution in [0.25, 0.3) is 0 Å². The Balaban J connectivity index is 5.18. The normalized spacial score (nSPS) is 15.6. The highest BCUT2D eigenvalue weighted by Crippen LogP contribution is 2.43. The fourth-order valence-corrected chi connectivity index (χ4v) is 2.91. The lowest BCUT2D eigenvalue weighted by Gasteiger charge is -2.17. The van der Waals surface area contributed by atoms with Crippen LogP contribution in [0.5, 0.6) is 0 Å². The lowest BCUT2D eigenvalue weighted by atomic mass is 10.2. The molecule has 9 heteroatoms. The van der Waals surface area contributed by atoms with Crippen LogP contribution in [-0.2, 0) is 28.2 Å². The largest absolute Gasteiger partial charge is 0.464 e. The minimum Gasteiger partial charge on any atom is -0.464 e. The first-order chi connectivity index (χ1) is 10.9. The first kappa shape index (κ1) is 21.8. The summed E-state index contributed by atoms with van der Waals surface area (Å²) in [5.74, 6) is -0.657. The van der Waals surface area contributed by atoms with Gasteiger partial charge in [0, 0.05) is 6.61 Å². The molecule has 2 N–H and O–H groups in total. The van der Waals surface area contributed by atoms with Gasteiger partial charge in [0.15, 0.2) is 0 Å². The van der Waals surface area contributed by atoms with Gasteiger partial charge in [-0.3, -0.25) is 9.36 Å². The number of hydrogen-bond acceptors (Lipinski definition) is 6. The van der Waals surface area contributed by atoms with Gasteiger partial charge in [-0.2, -0.15) is 0 Å². The van der Waals surface area contributed by atoms with Gasteiger partial charge in [-0.25, -0.2) is 4.79 Å². The third kappa shape index (κ3) is 10.2. The minimum absolute atomic E-state index is 0.0486. The van der Waals surface area contributed by atoms with E-state index in [1.54, 1.807) is 13.8 Å². The fraction of sp³-hybridized carbons (Fsp3) is 0.714. The molecule has 0 saturated heterocycles. The van der Waals surface area contributed by atoms with Crippen molar-refractivity contribution in [2.24, 2.45) is 0 Å². The first-order valence-corrected chi connectivity index (χ1v) is 9.26.